The van der Waals surface area contributed by atoms with Crippen molar-refractivity contribution in [3.8, 4) is 5.75 Å². The van der Waals surface area contributed by atoms with Crippen molar-refractivity contribution >= 4 is 6.09 Å². The van der Waals surface area contributed by atoms with Gasteiger partial charge < -0.3 is 9.47 Å². The molecule has 2 aliphatic rings. The fraction of sp³-hybridized carbons (Fsp3) is 0.471. The van der Waals surface area contributed by atoms with Crippen molar-refractivity contribution < 1.29 is 14.3 Å². The molecule has 112 valence electrons. The molecule has 0 saturated heterocycles. The standard InChI is InChI=1S/C17H21NO3/c1-4-20-16(19)18-11-7-9-13-15(18)12-8-5-6-10-14(12)21-17(13,2)3/h5-6,8-10,15H,4,7,11H2,1-3H3. The van der Waals surface area contributed by atoms with Gasteiger partial charge in [0.1, 0.15) is 11.4 Å². The number of amides is 1. The molecule has 1 unspecified atom stereocenters. The van der Waals surface area contributed by atoms with Gasteiger partial charge in [0.25, 0.3) is 0 Å². The molecule has 4 nitrogen and oxygen atoms in total. The van der Waals surface area contributed by atoms with Crippen LogP contribution in [0, 0.1) is 0 Å². The smallest absolute Gasteiger partial charge is 0.410 e. The summed E-state index contributed by atoms with van der Waals surface area (Å²) in [5.74, 6) is 0.848. The number of rotatable bonds is 1. The van der Waals surface area contributed by atoms with Gasteiger partial charge in [-0.15, -0.1) is 0 Å². The van der Waals surface area contributed by atoms with Gasteiger partial charge in [-0.05, 0) is 38.8 Å². The van der Waals surface area contributed by atoms with Gasteiger partial charge in [-0.3, -0.25) is 4.90 Å². The lowest BCUT2D eigenvalue weighted by Gasteiger charge is -2.46. The average Bonchev–Trinajstić information content (AvgIpc) is 2.46. The van der Waals surface area contributed by atoms with Gasteiger partial charge in [-0.25, -0.2) is 4.79 Å². The van der Waals surface area contributed by atoms with E-state index in [1.54, 1.807) is 0 Å². The summed E-state index contributed by atoms with van der Waals surface area (Å²) in [7, 11) is 0. The number of para-hydroxylation sites is 1. The van der Waals surface area contributed by atoms with E-state index >= 15 is 0 Å². The molecule has 0 N–H and O–H groups in total. The number of carbonyl (C=O) groups excluding carboxylic acids is 1. The molecule has 0 bridgehead atoms. The lowest BCUT2D eigenvalue weighted by Crippen LogP contribution is -2.48. The molecule has 0 radical (unpaired) electrons. The molecule has 2 heterocycles. The molecular weight excluding hydrogens is 266 g/mol. The largest absolute Gasteiger partial charge is 0.483 e. The zero-order valence-electron chi connectivity index (χ0n) is 12.8. The zero-order chi connectivity index (χ0) is 15.0. The molecule has 0 saturated carbocycles. The van der Waals surface area contributed by atoms with Crippen LogP contribution in [-0.4, -0.2) is 29.7 Å². The third-order valence-corrected chi connectivity index (χ3v) is 4.12. The third kappa shape index (κ3) is 2.28. The van der Waals surface area contributed by atoms with Gasteiger partial charge in [-0.1, -0.05) is 24.3 Å². The van der Waals surface area contributed by atoms with Crippen molar-refractivity contribution in [2.45, 2.75) is 38.8 Å². The lowest BCUT2D eigenvalue weighted by molar-refractivity contribution is 0.0621. The molecule has 2 aliphatic heterocycles. The molecule has 0 spiro atoms. The molecule has 1 aromatic carbocycles. The molecule has 1 aromatic rings. The molecule has 0 fully saturated rings. The first kappa shape index (κ1) is 14.0. The monoisotopic (exact) mass is 287 g/mol. The van der Waals surface area contributed by atoms with Crippen molar-refractivity contribution in [3.05, 3.63) is 41.5 Å². The first-order valence-electron chi connectivity index (χ1n) is 7.46. The Morgan fingerprint density at radius 1 is 1.43 bits per heavy atom. The highest BCUT2D eigenvalue weighted by atomic mass is 16.6. The fourth-order valence-corrected chi connectivity index (χ4v) is 3.21. The molecule has 1 atom stereocenters. The van der Waals surface area contributed by atoms with Crippen LogP contribution in [0.15, 0.2) is 35.9 Å². The quantitative estimate of drug-likeness (QED) is 0.739. The van der Waals surface area contributed by atoms with Crippen LogP contribution < -0.4 is 4.74 Å². The Balaban J connectivity index is 2.08. The van der Waals surface area contributed by atoms with Crippen LogP contribution >= 0.6 is 0 Å². The third-order valence-electron chi connectivity index (χ3n) is 4.12. The zero-order valence-corrected chi connectivity index (χ0v) is 12.8. The van der Waals surface area contributed by atoms with Crippen LogP contribution in [-0.2, 0) is 4.74 Å². The van der Waals surface area contributed by atoms with E-state index < -0.39 is 5.60 Å². The van der Waals surface area contributed by atoms with Crippen LogP contribution in [0.25, 0.3) is 0 Å². The number of carbonyl (C=O) groups is 1. The minimum absolute atomic E-state index is 0.0854. The number of nitrogens with zero attached hydrogens (tertiary/aromatic N) is 1. The van der Waals surface area contributed by atoms with E-state index in [2.05, 4.69) is 19.9 Å². The second kappa shape index (κ2) is 5.10. The fourth-order valence-electron chi connectivity index (χ4n) is 3.21. The predicted molar refractivity (Wildman–Crippen MR) is 80.3 cm³/mol. The normalized spacial score (nSPS) is 22.5. The summed E-state index contributed by atoms with van der Waals surface area (Å²) in [6, 6.07) is 7.85. The van der Waals surface area contributed by atoms with Crippen molar-refractivity contribution in [1.82, 2.24) is 4.90 Å². The highest BCUT2D eigenvalue weighted by Crippen LogP contribution is 2.48. The van der Waals surface area contributed by atoms with Crippen molar-refractivity contribution in [1.29, 1.82) is 0 Å². The average molecular weight is 287 g/mol. The van der Waals surface area contributed by atoms with Gasteiger partial charge in [0.15, 0.2) is 0 Å². The van der Waals surface area contributed by atoms with Crippen LogP contribution in [0.5, 0.6) is 5.75 Å². The lowest BCUT2D eigenvalue weighted by atomic mass is 9.81. The van der Waals surface area contributed by atoms with Crippen LogP contribution in [0.3, 0.4) is 0 Å². The van der Waals surface area contributed by atoms with Gasteiger partial charge in [0.05, 0.1) is 12.6 Å². The maximum absolute atomic E-state index is 12.3. The maximum Gasteiger partial charge on any atom is 0.410 e. The molecular formula is C17H21NO3. The summed E-state index contributed by atoms with van der Waals surface area (Å²) in [6.45, 7) is 7.01. The van der Waals surface area contributed by atoms with E-state index in [0.717, 1.165) is 23.3 Å². The number of fused-ring (bicyclic) bond motifs is 3. The predicted octanol–water partition coefficient (Wildman–Crippen LogP) is 3.69. The summed E-state index contributed by atoms with van der Waals surface area (Å²) in [6.07, 6.45) is 2.79. The molecule has 1 amide bonds. The highest BCUT2D eigenvalue weighted by Gasteiger charge is 2.44. The van der Waals surface area contributed by atoms with Crippen molar-refractivity contribution in [2.24, 2.45) is 0 Å². The van der Waals surface area contributed by atoms with E-state index in [1.165, 1.54) is 0 Å². The number of hydrogen-bond donors (Lipinski definition) is 0. The van der Waals surface area contributed by atoms with Gasteiger partial charge >= 0.3 is 6.09 Å². The summed E-state index contributed by atoms with van der Waals surface area (Å²) < 4.78 is 11.4. The van der Waals surface area contributed by atoms with Crippen molar-refractivity contribution in [2.75, 3.05) is 13.2 Å². The SMILES string of the molecule is CCOC(=O)N1CCC=C2C1c1ccccc1OC2(C)C. The highest BCUT2D eigenvalue weighted by molar-refractivity contribution is 5.70. The first-order valence-corrected chi connectivity index (χ1v) is 7.46. The molecule has 0 aliphatic carbocycles. The van der Waals surface area contributed by atoms with E-state index in [9.17, 15) is 4.79 Å². The summed E-state index contributed by atoms with van der Waals surface area (Å²) in [4.78, 5) is 14.1. The Hall–Kier alpha value is -1.97. The Kier molecular flexibility index (Phi) is 3.40. The van der Waals surface area contributed by atoms with E-state index in [1.807, 2.05) is 36.1 Å². The topological polar surface area (TPSA) is 38.8 Å². The molecule has 4 heteroatoms. The van der Waals surface area contributed by atoms with Crippen LogP contribution in [0.4, 0.5) is 4.79 Å². The maximum atomic E-state index is 12.3. The van der Waals surface area contributed by atoms with E-state index in [0.29, 0.717) is 13.2 Å². The summed E-state index contributed by atoms with van der Waals surface area (Å²) >= 11 is 0. The van der Waals surface area contributed by atoms with Crippen molar-refractivity contribution in [3.63, 3.8) is 0 Å². The summed E-state index contributed by atoms with van der Waals surface area (Å²) in [5, 5.41) is 0. The van der Waals surface area contributed by atoms with Gasteiger partial charge in [-0.2, -0.15) is 0 Å². The molecule has 21 heavy (non-hydrogen) atoms. The van der Waals surface area contributed by atoms with Gasteiger partial charge in [0, 0.05) is 12.1 Å². The number of hydrogen-bond acceptors (Lipinski definition) is 3. The Morgan fingerprint density at radius 2 is 2.19 bits per heavy atom. The summed E-state index contributed by atoms with van der Waals surface area (Å²) in [5.41, 5.74) is 1.76. The Morgan fingerprint density at radius 3 is 2.95 bits per heavy atom. The minimum Gasteiger partial charge on any atom is -0.483 e. The second-order valence-corrected chi connectivity index (χ2v) is 5.89. The van der Waals surface area contributed by atoms with Gasteiger partial charge in [0.2, 0.25) is 0 Å². The molecule has 3 rings (SSSR count). The Labute approximate surface area is 125 Å². The molecule has 0 aromatic heterocycles. The van der Waals surface area contributed by atoms with Crippen LogP contribution in [0.1, 0.15) is 38.8 Å². The minimum atomic E-state index is -0.413. The number of ether oxygens (including phenoxy) is 2. The van der Waals surface area contributed by atoms with Crippen LogP contribution in [0.2, 0.25) is 0 Å². The first-order chi connectivity index (χ1) is 10.0. The number of benzene rings is 1. The Bertz CT molecular complexity index is 591. The second-order valence-electron chi connectivity index (χ2n) is 5.89. The van der Waals surface area contributed by atoms with E-state index in [-0.39, 0.29) is 12.1 Å². The van der Waals surface area contributed by atoms with E-state index in [4.69, 9.17) is 9.47 Å².